The lowest BCUT2D eigenvalue weighted by molar-refractivity contribution is 0.491. The molecule has 2 aliphatic rings. The van der Waals surface area contributed by atoms with E-state index in [9.17, 15) is 0 Å². The lowest BCUT2D eigenvalue weighted by Gasteiger charge is -2.32. The Balaban J connectivity index is 1.62. The van der Waals surface area contributed by atoms with Gasteiger partial charge in [-0.25, -0.2) is 9.97 Å². The fourth-order valence-corrected chi connectivity index (χ4v) is 3.63. The summed E-state index contributed by atoms with van der Waals surface area (Å²) in [5, 5.41) is 7.99. The molecule has 0 aromatic carbocycles. The van der Waals surface area contributed by atoms with Crippen LogP contribution >= 0.6 is 0 Å². The molecule has 0 bridgehead atoms. The van der Waals surface area contributed by atoms with E-state index >= 15 is 0 Å². The summed E-state index contributed by atoms with van der Waals surface area (Å²) in [6, 6.07) is 0.450. The van der Waals surface area contributed by atoms with Crippen LogP contribution in [0.2, 0.25) is 0 Å². The first-order valence-corrected chi connectivity index (χ1v) is 8.65. The van der Waals surface area contributed by atoms with Gasteiger partial charge in [0.25, 0.3) is 0 Å². The topological polar surface area (TPSA) is 63.3 Å². The van der Waals surface area contributed by atoms with Crippen LogP contribution in [0.1, 0.15) is 24.6 Å². The summed E-state index contributed by atoms with van der Waals surface area (Å²) < 4.78 is 4.22. The molecule has 3 aromatic rings. The van der Waals surface area contributed by atoms with Gasteiger partial charge in [-0.3, -0.25) is 9.08 Å². The van der Waals surface area contributed by atoms with Crippen molar-refractivity contribution in [2.24, 2.45) is 0 Å². The minimum atomic E-state index is 0.450. The SMILES string of the molecule is Cc1c(-c2cnn(C3CCNC3)c2)nc(N2CCC2)c2nccn12. The van der Waals surface area contributed by atoms with Gasteiger partial charge in [0.2, 0.25) is 0 Å². The Labute approximate surface area is 140 Å². The highest BCUT2D eigenvalue weighted by Crippen LogP contribution is 2.30. The summed E-state index contributed by atoms with van der Waals surface area (Å²) in [4.78, 5) is 11.8. The van der Waals surface area contributed by atoms with E-state index in [-0.39, 0.29) is 0 Å². The highest BCUT2D eigenvalue weighted by Gasteiger charge is 2.23. The van der Waals surface area contributed by atoms with Gasteiger partial charge in [-0.2, -0.15) is 5.10 Å². The summed E-state index contributed by atoms with van der Waals surface area (Å²) in [6.07, 6.45) is 10.3. The van der Waals surface area contributed by atoms with Crippen molar-refractivity contribution in [3.8, 4) is 11.3 Å². The van der Waals surface area contributed by atoms with Gasteiger partial charge in [0, 0.05) is 49.5 Å². The zero-order valence-corrected chi connectivity index (χ0v) is 13.8. The van der Waals surface area contributed by atoms with E-state index in [0.717, 1.165) is 61.0 Å². The van der Waals surface area contributed by atoms with Crippen molar-refractivity contribution in [2.75, 3.05) is 31.1 Å². The fraction of sp³-hybridized carbons (Fsp3) is 0.471. The molecule has 1 atom stereocenters. The monoisotopic (exact) mass is 323 g/mol. The summed E-state index contributed by atoms with van der Waals surface area (Å²) in [6.45, 7) is 6.28. The first kappa shape index (κ1) is 14.0. The quantitative estimate of drug-likeness (QED) is 0.794. The zero-order chi connectivity index (χ0) is 16.1. The number of nitrogens with one attached hydrogen (secondary N) is 1. The average Bonchev–Trinajstić information content (AvgIpc) is 3.29. The third-order valence-electron chi connectivity index (χ3n) is 5.20. The van der Waals surface area contributed by atoms with Crippen molar-refractivity contribution in [3.05, 3.63) is 30.5 Å². The maximum atomic E-state index is 4.98. The Hall–Kier alpha value is -2.41. The Bertz CT molecular complexity index is 884. The van der Waals surface area contributed by atoms with Gasteiger partial charge in [-0.1, -0.05) is 0 Å². The molecule has 3 aromatic heterocycles. The summed E-state index contributed by atoms with van der Waals surface area (Å²) in [7, 11) is 0. The van der Waals surface area contributed by atoms with Gasteiger partial charge in [0.1, 0.15) is 0 Å². The molecule has 1 unspecified atom stereocenters. The molecule has 0 aliphatic carbocycles. The second-order valence-corrected chi connectivity index (χ2v) is 6.69. The molecular weight excluding hydrogens is 302 g/mol. The summed E-state index contributed by atoms with van der Waals surface area (Å²) in [5.41, 5.74) is 4.13. The van der Waals surface area contributed by atoms with Crippen LogP contribution in [-0.2, 0) is 0 Å². The lowest BCUT2D eigenvalue weighted by Crippen LogP contribution is -2.38. The van der Waals surface area contributed by atoms with E-state index in [4.69, 9.17) is 4.98 Å². The van der Waals surface area contributed by atoms with Crippen LogP contribution in [0.3, 0.4) is 0 Å². The second-order valence-electron chi connectivity index (χ2n) is 6.69. The summed E-state index contributed by atoms with van der Waals surface area (Å²) in [5.74, 6) is 0.988. The number of hydrogen-bond donors (Lipinski definition) is 1. The number of fused-ring (bicyclic) bond motifs is 1. The molecule has 5 heterocycles. The molecule has 2 saturated heterocycles. The minimum absolute atomic E-state index is 0.450. The number of aryl methyl sites for hydroxylation is 1. The normalized spacial score (nSPS) is 20.7. The highest BCUT2D eigenvalue weighted by molar-refractivity contribution is 5.72. The van der Waals surface area contributed by atoms with Crippen molar-refractivity contribution in [2.45, 2.75) is 25.8 Å². The van der Waals surface area contributed by atoms with Gasteiger partial charge >= 0.3 is 0 Å². The van der Waals surface area contributed by atoms with Crippen LogP contribution in [0.25, 0.3) is 16.9 Å². The molecule has 0 radical (unpaired) electrons. The van der Waals surface area contributed by atoms with Crippen molar-refractivity contribution >= 4 is 11.5 Å². The molecule has 7 heteroatoms. The molecule has 1 N–H and O–H groups in total. The molecule has 124 valence electrons. The summed E-state index contributed by atoms with van der Waals surface area (Å²) >= 11 is 0. The van der Waals surface area contributed by atoms with E-state index in [1.54, 1.807) is 0 Å². The van der Waals surface area contributed by atoms with Gasteiger partial charge in [0.05, 0.1) is 17.9 Å². The largest absolute Gasteiger partial charge is 0.353 e. The van der Waals surface area contributed by atoms with Crippen molar-refractivity contribution in [3.63, 3.8) is 0 Å². The van der Waals surface area contributed by atoms with Gasteiger partial charge < -0.3 is 10.2 Å². The van der Waals surface area contributed by atoms with Crippen LogP contribution in [-0.4, -0.2) is 50.3 Å². The molecule has 0 amide bonds. The minimum Gasteiger partial charge on any atom is -0.353 e. The molecule has 0 saturated carbocycles. The Morgan fingerprint density at radius 2 is 2.21 bits per heavy atom. The number of aromatic nitrogens is 5. The Kier molecular flexibility index (Phi) is 3.09. The third-order valence-corrected chi connectivity index (χ3v) is 5.20. The van der Waals surface area contributed by atoms with E-state index in [2.05, 4.69) is 42.5 Å². The number of nitrogens with zero attached hydrogens (tertiary/aromatic N) is 6. The Morgan fingerprint density at radius 1 is 1.29 bits per heavy atom. The molecule has 24 heavy (non-hydrogen) atoms. The number of anilines is 1. The highest BCUT2D eigenvalue weighted by atomic mass is 15.3. The molecular formula is C17H21N7. The maximum absolute atomic E-state index is 4.98. The average molecular weight is 323 g/mol. The van der Waals surface area contributed by atoms with Gasteiger partial charge in [-0.05, 0) is 26.3 Å². The first-order valence-electron chi connectivity index (χ1n) is 8.65. The van der Waals surface area contributed by atoms with Crippen LogP contribution in [0.5, 0.6) is 0 Å². The van der Waals surface area contributed by atoms with E-state index in [1.165, 1.54) is 6.42 Å². The van der Waals surface area contributed by atoms with E-state index in [0.29, 0.717) is 6.04 Å². The standard InChI is InChI=1S/C17H21N7/c1-12-15(13-9-20-24(11-13)14-3-4-18-10-14)21-17(22-6-2-7-22)16-19-5-8-23(12)16/h5,8-9,11,14,18H,2-4,6-7,10H2,1H3. The maximum Gasteiger partial charge on any atom is 0.180 e. The van der Waals surface area contributed by atoms with Crippen LogP contribution in [0, 0.1) is 6.92 Å². The number of rotatable bonds is 3. The van der Waals surface area contributed by atoms with Crippen molar-refractivity contribution in [1.82, 2.24) is 29.5 Å². The molecule has 7 nitrogen and oxygen atoms in total. The molecule has 2 fully saturated rings. The zero-order valence-electron chi connectivity index (χ0n) is 13.8. The number of hydrogen-bond acceptors (Lipinski definition) is 5. The van der Waals surface area contributed by atoms with Crippen LogP contribution < -0.4 is 10.2 Å². The molecule has 5 rings (SSSR count). The van der Waals surface area contributed by atoms with Gasteiger partial charge in [-0.15, -0.1) is 0 Å². The lowest BCUT2D eigenvalue weighted by atomic mass is 10.2. The van der Waals surface area contributed by atoms with E-state index < -0.39 is 0 Å². The second kappa shape index (κ2) is 5.31. The predicted molar refractivity (Wildman–Crippen MR) is 92.3 cm³/mol. The fourth-order valence-electron chi connectivity index (χ4n) is 3.63. The van der Waals surface area contributed by atoms with Crippen LogP contribution in [0.4, 0.5) is 5.82 Å². The smallest absolute Gasteiger partial charge is 0.180 e. The third kappa shape index (κ3) is 2.04. The van der Waals surface area contributed by atoms with Gasteiger partial charge in [0.15, 0.2) is 11.5 Å². The number of imidazole rings is 1. The molecule has 0 spiro atoms. The van der Waals surface area contributed by atoms with Crippen molar-refractivity contribution in [1.29, 1.82) is 0 Å². The Morgan fingerprint density at radius 3 is 2.96 bits per heavy atom. The van der Waals surface area contributed by atoms with Crippen LogP contribution in [0.15, 0.2) is 24.8 Å². The predicted octanol–water partition coefficient (Wildman–Crippen LogP) is 1.65. The van der Waals surface area contributed by atoms with E-state index in [1.807, 2.05) is 18.6 Å². The van der Waals surface area contributed by atoms with Crippen molar-refractivity contribution < 1.29 is 0 Å². The molecule has 2 aliphatic heterocycles. The first-order chi connectivity index (χ1) is 11.8.